The van der Waals surface area contributed by atoms with Gasteiger partial charge in [-0.2, -0.15) is 0 Å². The molecule has 30 heavy (non-hydrogen) atoms. The number of amides is 1. The molecule has 0 N–H and O–H groups in total. The fourth-order valence-corrected chi connectivity index (χ4v) is 3.82. The first-order valence-electron chi connectivity index (χ1n) is 10.8. The van der Waals surface area contributed by atoms with Gasteiger partial charge in [0.05, 0.1) is 16.9 Å². The molecule has 158 valence electrons. The molecule has 3 aromatic rings. The number of carbonyl (C=O) groups is 1. The molecule has 0 spiro atoms. The van der Waals surface area contributed by atoms with Crippen molar-refractivity contribution in [2.24, 2.45) is 7.05 Å². The predicted octanol–water partition coefficient (Wildman–Crippen LogP) is 4.99. The maximum atomic E-state index is 13.2. The first-order valence-corrected chi connectivity index (χ1v) is 10.8. The predicted molar refractivity (Wildman–Crippen MR) is 121 cm³/mol. The van der Waals surface area contributed by atoms with Crippen molar-refractivity contribution in [2.75, 3.05) is 0 Å². The number of rotatable bonds is 9. The zero-order chi connectivity index (χ0) is 21.5. The summed E-state index contributed by atoms with van der Waals surface area (Å²) in [6, 6.07) is 17.0. The normalized spacial score (nSPS) is 12.1. The fraction of sp³-hybridized carbons (Fsp3) is 0.400. The molecule has 1 heterocycles. The summed E-state index contributed by atoms with van der Waals surface area (Å²) in [6.45, 7) is 4.62. The van der Waals surface area contributed by atoms with Gasteiger partial charge in [-0.3, -0.25) is 14.2 Å². The summed E-state index contributed by atoms with van der Waals surface area (Å²) >= 11 is 0. The minimum absolute atomic E-state index is 0.0856. The summed E-state index contributed by atoms with van der Waals surface area (Å²) in [5.74, 6) is 0.710. The number of aromatic nitrogens is 2. The van der Waals surface area contributed by atoms with Crippen LogP contribution in [0.25, 0.3) is 10.9 Å². The van der Waals surface area contributed by atoms with Crippen LogP contribution in [0.2, 0.25) is 0 Å². The van der Waals surface area contributed by atoms with Gasteiger partial charge in [-0.15, -0.1) is 0 Å². The van der Waals surface area contributed by atoms with Crippen LogP contribution in [0.5, 0.6) is 0 Å². The van der Waals surface area contributed by atoms with Gasteiger partial charge in [0, 0.05) is 20.0 Å². The van der Waals surface area contributed by atoms with E-state index in [1.165, 1.54) is 0 Å². The zero-order valence-electron chi connectivity index (χ0n) is 18.2. The van der Waals surface area contributed by atoms with Crippen LogP contribution in [0, 0.1) is 0 Å². The first-order chi connectivity index (χ1) is 14.5. The number of hydrogen-bond acceptors (Lipinski definition) is 3. The smallest absolute Gasteiger partial charge is 0.261 e. The number of hydrogen-bond donors (Lipinski definition) is 0. The first kappa shape index (κ1) is 21.8. The summed E-state index contributed by atoms with van der Waals surface area (Å²) < 4.78 is 1.58. The van der Waals surface area contributed by atoms with E-state index in [1.54, 1.807) is 17.7 Å². The maximum Gasteiger partial charge on any atom is 0.261 e. The third-order valence-electron chi connectivity index (χ3n) is 5.62. The molecule has 5 nitrogen and oxygen atoms in total. The van der Waals surface area contributed by atoms with Crippen LogP contribution in [0.15, 0.2) is 59.4 Å². The van der Waals surface area contributed by atoms with Gasteiger partial charge < -0.3 is 4.90 Å². The number of para-hydroxylation sites is 1. The Morgan fingerprint density at radius 1 is 1.03 bits per heavy atom. The lowest BCUT2D eigenvalue weighted by molar-refractivity contribution is -0.134. The van der Waals surface area contributed by atoms with E-state index in [4.69, 9.17) is 4.98 Å². The van der Waals surface area contributed by atoms with E-state index in [9.17, 15) is 9.59 Å². The summed E-state index contributed by atoms with van der Waals surface area (Å²) in [5.41, 5.74) is 1.65. The molecule has 0 saturated heterocycles. The molecule has 1 atom stereocenters. The van der Waals surface area contributed by atoms with Crippen LogP contribution in [-0.4, -0.2) is 20.4 Å². The lowest BCUT2D eigenvalue weighted by Crippen LogP contribution is -2.36. The van der Waals surface area contributed by atoms with Crippen molar-refractivity contribution in [3.63, 3.8) is 0 Å². The maximum absolute atomic E-state index is 13.2. The van der Waals surface area contributed by atoms with Gasteiger partial charge in [0.25, 0.3) is 5.56 Å². The number of benzene rings is 2. The molecule has 1 amide bonds. The van der Waals surface area contributed by atoms with Crippen LogP contribution in [0.3, 0.4) is 0 Å². The Balaban J connectivity index is 1.94. The minimum atomic E-state index is -0.314. The summed E-state index contributed by atoms with van der Waals surface area (Å²) in [6.07, 6.45) is 4.74. The van der Waals surface area contributed by atoms with Gasteiger partial charge in [-0.1, -0.05) is 68.7 Å². The monoisotopic (exact) mass is 405 g/mol. The zero-order valence-corrected chi connectivity index (χ0v) is 18.2. The molecule has 3 rings (SSSR count). The molecule has 0 fully saturated rings. The van der Waals surface area contributed by atoms with Gasteiger partial charge >= 0.3 is 0 Å². The van der Waals surface area contributed by atoms with Crippen molar-refractivity contribution in [3.8, 4) is 0 Å². The summed E-state index contributed by atoms with van der Waals surface area (Å²) in [5, 5.41) is 0.594. The molecular formula is C25H31N3O2. The average Bonchev–Trinajstić information content (AvgIpc) is 2.77. The van der Waals surface area contributed by atoms with Crippen molar-refractivity contribution in [1.29, 1.82) is 0 Å². The van der Waals surface area contributed by atoms with Gasteiger partial charge in [0.1, 0.15) is 5.82 Å². The van der Waals surface area contributed by atoms with E-state index in [0.717, 1.165) is 31.2 Å². The van der Waals surface area contributed by atoms with Crippen LogP contribution in [0.4, 0.5) is 0 Å². The quantitative estimate of drug-likeness (QED) is 0.471. The molecule has 1 aromatic heterocycles. The number of nitrogens with zero attached hydrogens (tertiary/aromatic N) is 3. The van der Waals surface area contributed by atoms with Crippen molar-refractivity contribution in [1.82, 2.24) is 14.5 Å². The highest BCUT2D eigenvalue weighted by atomic mass is 16.2. The largest absolute Gasteiger partial charge is 0.328 e. The molecule has 2 aromatic carbocycles. The summed E-state index contributed by atoms with van der Waals surface area (Å²) in [4.78, 5) is 32.7. The van der Waals surface area contributed by atoms with Crippen LogP contribution >= 0.6 is 0 Å². The minimum Gasteiger partial charge on any atom is -0.328 e. The van der Waals surface area contributed by atoms with E-state index in [-0.39, 0.29) is 17.5 Å². The van der Waals surface area contributed by atoms with E-state index >= 15 is 0 Å². The standard InChI is InChI=1S/C25H31N3O2/c1-4-5-6-10-17-23(29)28(18-20-13-8-7-9-14-20)19(2)24-26-22-16-12-11-15-21(22)25(30)27(24)3/h7-9,11-16,19H,4-6,10,17-18H2,1-3H3. The fourth-order valence-electron chi connectivity index (χ4n) is 3.82. The van der Waals surface area contributed by atoms with Gasteiger partial charge in [-0.25, -0.2) is 4.98 Å². The van der Waals surface area contributed by atoms with Crippen LogP contribution < -0.4 is 5.56 Å². The lowest BCUT2D eigenvalue weighted by atomic mass is 10.1. The number of carbonyl (C=O) groups excluding carboxylic acids is 1. The third-order valence-corrected chi connectivity index (χ3v) is 5.62. The van der Waals surface area contributed by atoms with E-state index < -0.39 is 0 Å². The molecule has 0 bridgehead atoms. The number of unbranched alkanes of at least 4 members (excludes halogenated alkanes) is 3. The Morgan fingerprint density at radius 3 is 2.47 bits per heavy atom. The van der Waals surface area contributed by atoms with Crippen molar-refractivity contribution >= 4 is 16.8 Å². The third kappa shape index (κ3) is 4.96. The van der Waals surface area contributed by atoms with E-state index in [0.29, 0.717) is 29.7 Å². The highest BCUT2D eigenvalue weighted by Gasteiger charge is 2.25. The molecule has 0 saturated carbocycles. The van der Waals surface area contributed by atoms with Crippen molar-refractivity contribution in [2.45, 2.75) is 58.5 Å². The second-order valence-electron chi connectivity index (χ2n) is 7.85. The molecular weight excluding hydrogens is 374 g/mol. The second kappa shape index (κ2) is 10.2. The molecule has 0 radical (unpaired) electrons. The Morgan fingerprint density at radius 2 is 1.73 bits per heavy atom. The van der Waals surface area contributed by atoms with Crippen LogP contribution in [-0.2, 0) is 18.4 Å². The highest BCUT2D eigenvalue weighted by molar-refractivity contribution is 5.78. The number of fused-ring (bicyclic) bond motifs is 1. The Bertz CT molecular complexity index is 1040. The van der Waals surface area contributed by atoms with Crippen LogP contribution in [0.1, 0.15) is 63.4 Å². The Labute approximate surface area is 178 Å². The Hall–Kier alpha value is -2.95. The molecule has 0 aliphatic heterocycles. The Kier molecular flexibility index (Phi) is 7.39. The molecule has 0 aliphatic carbocycles. The van der Waals surface area contributed by atoms with Crippen molar-refractivity contribution < 1.29 is 4.79 Å². The van der Waals surface area contributed by atoms with Crippen molar-refractivity contribution in [3.05, 3.63) is 76.3 Å². The SMILES string of the molecule is CCCCCCC(=O)N(Cc1ccccc1)C(C)c1nc2ccccc2c(=O)n1C. The highest BCUT2D eigenvalue weighted by Crippen LogP contribution is 2.23. The van der Waals surface area contributed by atoms with Gasteiger partial charge in [0.2, 0.25) is 5.91 Å². The van der Waals surface area contributed by atoms with E-state index in [2.05, 4.69) is 6.92 Å². The molecule has 0 aliphatic rings. The second-order valence-corrected chi connectivity index (χ2v) is 7.85. The van der Waals surface area contributed by atoms with Gasteiger partial charge in [0.15, 0.2) is 0 Å². The lowest BCUT2D eigenvalue weighted by Gasteiger charge is -2.30. The topological polar surface area (TPSA) is 55.2 Å². The molecule has 1 unspecified atom stereocenters. The van der Waals surface area contributed by atoms with Gasteiger partial charge in [-0.05, 0) is 31.0 Å². The molecule has 5 heteroatoms. The summed E-state index contributed by atoms with van der Waals surface area (Å²) in [7, 11) is 1.74. The average molecular weight is 406 g/mol. The van der Waals surface area contributed by atoms with E-state index in [1.807, 2.05) is 60.4 Å².